The summed E-state index contributed by atoms with van der Waals surface area (Å²) in [5, 5.41) is 0. The van der Waals surface area contributed by atoms with Crippen molar-refractivity contribution in [3.63, 3.8) is 0 Å². The minimum Gasteiger partial charge on any atom is -0.466 e. The van der Waals surface area contributed by atoms with Gasteiger partial charge >= 0.3 is 5.97 Å². The van der Waals surface area contributed by atoms with Crippen molar-refractivity contribution in [2.45, 2.75) is 33.6 Å². The zero-order valence-electron chi connectivity index (χ0n) is 10.0. The van der Waals surface area contributed by atoms with Gasteiger partial charge < -0.3 is 4.74 Å². The van der Waals surface area contributed by atoms with Crippen molar-refractivity contribution < 1.29 is 9.53 Å². The Morgan fingerprint density at radius 2 is 2.00 bits per heavy atom. The first kappa shape index (κ1) is 13.7. The van der Waals surface area contributed by atoms with Crippen LogP contribution in [-0.4, -0.2) is 13.1 Å². The molecule has 0 aromatic carbocycles. The predicted molar refractivity (Wildman–Crippen MR) is 63.6 cm³/mol. The zero-order valence-corrected chi connectivity index (χ0v) is 10.0. The largest absolute Gasteiger partial charge is 0.466 e. The number of allylic oxidation sites excluding steroid dienone is 5. The van der Waals surface area contributed by atoms with Crippen LogP contribution in [0.15, 0.2) is 35.5 Å². The van der Waals surface area contributed by atoms with Crippen molar-refractivity contribution in [1.29, 1.82) is 0 Å². The summed E-state index contributed by atoms with van der Waals surface area (Å²) in [7, 11) is 1.38. The number of methoxy groups -OCH3 is 1. The summed E-state index contributed by atoms with van der Waals surface area (Å²) in [5.41, 5.74) is 2.24. The van der Waals surface area contributed by atoms with Gasteiger partial charge in [-0.2, -0.15) is 0 Å². The second kappa shape index (κ2) is 8.04. The number of rotatable bonds is 5. The monoisotopic (exact) mass is 208 g/mol. The zero-order chi connectivity index (χ0) is 11.7. The van der Waals surface area contributed by atoms with E-state index in [2.05, 4.69) is 24.7 Å². The van der Waals surface area contributed by atoms with Crippen LogP contribution in [0.4, 0.5) is 0 Å². The van der Waals surface area contributed by atoms with Crippen LogP contribution < -0.4 is 0 Å². The van der Waals surface area contributed by atoms with Crippen molar-refractivity contribution >= 4 is 5.97 Å². The summed E-state index contributed by atoms with van der Waals surface area (Å²) < 4.78 is 4.52. The van der Waals surface area contributed by atoms with Crippen LogP contribution in [0.25, 0.3) is 0 Å². The lowest BCUT2D eigenvalue weighted by Gasteiger charge is -1.94. The SMILES string of the molecule is CCC\C(C)=C/C=C/C(C)=C\C(=O)OC. The van der Waals surface area contributed by atoms with Gasteiger partial charge in [0, 0.05) is 6.08 Å². The molecule has 0 aliphatic rings. The number of carbonyl (C=O) groups is 1. The van der Waals surface area contributed by atoms with Crippen LogP contribution in [0.1, 0.15) is 33.6 Å². The average molecular weight is 208 g/mol. The van der Waals surface area contributed by atoms with Gasteiger partial charge in [0.1, 0.15) is 0 Å². The Hall–Kier alpha value is -1.31. The van der Waals surface area contributed by atoms with Crippen LogP contribution >= 0.6 is 0 Å². The van der Waals surface area contributed by atoms with Crippen LogP contribution in [0, 0.1) is 0 Å². The highest BCUT2D eigenvalue weighted by Crippen LogP contribution is 2.04. The highest BCUT2D eigenvalue weighted by Gasteiger charge is 1.92. The molecule has 0 heterocycles. The summed E-state index contributed by atoms with van der Waals surface area (Å²) in [6, 6.07) is 0. The molecule has 0 aromatic heterocycles. The third-order valence-electron chi connectivity index (χ3n) is 1.93. The molecule has 0 amide bonds. The average Bonchev–Trinajstić information content (AvgIpc) is 2.18. The van der Waals surface area contributed by atoms with Crippen LogP contribution in [0.2, 0.25) is 0 Å². The lowest BCUT2D eigenvalue weighted by atomic mass is 10.1. The molecule has 0 atom stereocenters. The molecular weight excluding hydrogens is 188 g/mol. The summed E-state index contributed by atoms with van der Waals surface area (Å²) in [6.07, 6.45) is 9.67. The summed E-state index contributed by atoms with van der Waals surface area (Å²) in [6.45, 7) is 6.13. The minimum atomic E-state index is -0.314. The normalized spacial score (nSPS) is 13.3. The van der Waals surface area contributed by atoms with Gasteiger partial charge in [0.25, 0.3) is 0 Å². The maximum atomic E-state index is 10.9. The van der Waals surface area contributed by atoms with E-state index in [1.807, 2.05) is 19.1 Å². The van der Waals surface area contributed by atoms with Gasteiger partial charge in [-0.15, -0.1) is 0 Å². The van der Waals surface area contributed by atoms with Crippen molar-refractivity contribution in [3.05, 3.63) is 35.5 Å². The Morgan fingerprint density at radius 3 is 2.53 bits per heavy atom. The molecule has 0 saturated carbocycles. The lowest BCUT2D eigenvalue weighted by Crippen LogP contribution is -1.94. The quantitative estimate of drug-likeness (QED) is 0.393. The third-order valence-corrected chi connectivity index (χ3v) is 1.93. The minimum absolute atomic E-state index is 0.314. The third kappa shape index (κ3) is 7.74. The second-order valence-corrected chi connectivity index (χ2v) is 3.53. The summed E-state index contributed by atoms with van der Waals surface area (Å²) in [4.78, 5) is 10.9. The Morgan fingerprint density at radius 1 is 1.33 bits per heavy atom. The lowest BCUT2D eigenvalue weighted by molar-refractivity contribution is -0.134. The molecule has 2 nitrogen and oxygen atoms in total. The Labute approximate surface area is 92.3 Å². The van der Waals surface area contributed by atoms with Crippen molar-refractivity contribution in [1.82, 2.24) is 0 Å². The molecule has 0 aliphatic carbocycles. The predicted octanol–water partition coefficient (Wildman–Crippen LogP) is 3.41. The highest BCUT2D eigenvalue weighted by atomic mass is 16.5. The highest BCUT2D eigenvalue weighted by molar-refractivity contribution is 5.83. The maximum absolute atomic E-state index is 10.9. The molecule has 0 saturated heterocycles. The Balaban J connectivity index is 4.22. The molecular formula is C13H20O2. The molecule has 84 valence electrons. The van der Waals surface area contributed by atoms with Gasteiger partial charge in [-0.3, -0.25) is 0 Å². The van der Waals surface area contributed by atoms with Crippen LogP contribution in [0.3, 0.4) is 0 Å². The fourth-order valence-electron chi connectivity index (χ4n) is 1.13. The molecule has 0 aromatic rings. The van der Waals surface area contributed by atoms with E-state index in [0.717, 1.165) is 18.4 Å². The number of carbonyl (C=O) groups excluding carboxylic acids is 1. The van der Waals surface area contributed by atoms with Crippen molar-refractivity contribution in [2.75, 3.05) is 7.11 Å². The van der Waals surface area contributed by atoms with Crippen LogP contribution in [-0.2, 0) is 9.53 Å². The van der Waals surface area contributed by atoms with E-state index in [4.69, 9.17) is 0 Å². The van der Waals surface area contributed by atoms with Gasteiger partial charge in [-0.1, -0.05) is 37.1 Å². The summed E-state index contributed by atoms with van der Waals surface area (Å²) >= 11 is 0. The molecule has 0 spiro atoms. The first-order valence-corrected chi connectivity index (χ1v) is 5.20. The summed E-state index contributed by atoms with van der Waals surface area (Å²) in [5.74, 6) is -0.314. The van der Waals surface area contributed by atoms with E-state index < -0.39 is 0 Å². The van der Waals surface area contributed by atoms with E-state index in [1.165, 1.54) is 18.8 Å². The molecule has 2 heteroatoms. The van der Waals surface area contributed by atoms with E-state index >= 15 is 0 Å². The first-order valence-electron chi connectivity index (χ1n) is 5.20. The van der Waals surface area contributed by atoms with Gasteiger partial charge in [-0.25, -0.2) is 4.79 Å². The van der Waals surface area contributed by atoms with Crippen molar-refractivity contribution in [3.8, 4) is 0 Å². The van der Waals surface area contributed by atoms with E-state index in [-0.39, 0.29) is 5.97 Å². The van der Waals surface area contributed by atoms with Gasteiger partial charge in [-0.05, 0) is 25.8 Å². The van der Waals surface area contributed by atoms with Gasteiger partial charge in [0.05, 0.1) is 7.11 Å². The van der Waals surface area contributed by atoms with E-state index in [0.29, 0.717) is 0 Å². The molecule has 0 radical (unpaired) electrons. The molecule has 0 bridgehead atoms. The second-order valence-electron chi connectivity index (χ2n) is 3.53. The molecule has 0 unspecified atom stereocenters. The Bertz CT molecular complexity index is 283. The van der Waals surface area contributed by atoms with E-state index in [1.54, 1.807) is 0 Å². The number of ether oxygens (including phenoxy) is 1. The molecule has 0 aliphatic heterocycles. The Kier molecular flexibility index (Phi) is 7.33. The fourth-order valence-corrected chi connectivity index (χ4v) is 1.13. The number of hydrogen-bond donors (Lipinski definition) is 0. The van der Waals surface area contributed by atoms with Crippen molar-refractivity contribution in [2.24, 2.45) is 0 Å². The standard InChI is InChI=1S/C13H20O2/c1-5-7-11(2)8-6-9-12(3)10-13(14)15-4/h6,8-10H,5,7H2,1-4H3/b9-6+,11-8-,12-10-. The fraction of sp³-hybridized carbons (Fsp3) is 0.462. The smallest absolute Gasteiger partial charge is 0.330 e. The van der Waals surface area contributed by atoms with Gasteiger partial charge in [0.15, 0.2) is 0 Å². The maximum Gasteiger partial charge on any atom is 0.330 e. The molecule has 0 rings (SSSR count). The molecule has 15 heavy (non-hydrogen) atoms. The van der Waals surface area contributed by atoms with E-state index in [9.17, 15) is 4.79 Å². The first-order chi connectivity index (χ1) is 7.10. The van der Waals surface area contributed by atoms with Gasteiger partial charge in [0.2, 0.25) is 0 Å². The topological polar surface area (TPSA) is 26.3 Å². The number of esters is 1. The number of hydrogen-bond acceptors (Lipinski definition) is 2. The van der Waals surface area contributed by atoms with Crippen LogP contribution in [0.5, 0.6) is 0 Å². The molecule has 0 N–H and O–H groups in total. The molecule has 0 fully saturated rings.